The topological polar surface area (TPSA) is 117 Å². The number of phenols is 1. The number of anilines is 1. The Kier molecular flexibility index (Phi) is 6.33. The predicted octanol–water partition coefficient (Wildman–Crippen LogP) is 3.31. The Morgan fingerprint density at radius 3 is 2.52 bits per heavy atom. The number of nitrogens with zero attached hydrogens (tertiary/aromatic N) is 4. The van der Waals surface area contributed by atoms with E-state index in [0.29, 0.717) is 35.4 Å². The number of aromatic hydroxyl groups is 1. The molecule has 0 aliphatic rings. The maximum Gasteiger partial charge on any atom is 0.256 e. The van der Waals surface area contributed by atoms with E-state index < -0.39 is 15.9 Å². The van der Waals surface area contributed by atoms with Crippen LogP contribution in [0.3, 0.4) is 0 Å². The van der Waals surface area contributed by atoms with Crippen LogP contribution < -0.4 is 5.32 Å². The predicted molar refractivity (Wildman–Crippen MR) is 119 cm³/mol. The van der Waals surface area contributed by atoms with Gasteiger partial charge in [0, 0.05) is 24.8 Å². The van der Waals surface area contributed by atoms with Crippen LogP contribution in [-0.2, 0) is 10.0 Å². The molecule has 2 N–H and O–H groups in total. The number of nitrogens with one attached hydrogen (secondary N) is 1. The Balaban J connectivity index is 2.02. The first-order chi connectivity index (χ1) is 14.6. The molecule has 0 fully saturated rings. The molecule has 1 amide bonds. The molecule has 166 valence electrons. The summed E-state index contributed by atoms with van der Waals surface area (Å²) in [7, 11) is -3.74. The first-order valence-corrected chi connectivity index (χ1v) is 11.5. The lowest BCUT2D eigenvalue weighted by Gasteiger charge is -2.19. The summed E-state index contributed by atoms with van der Waals surface area (Å²) >= 11 is 0. The maximum atomic E-state index is 13.1. The number of rotatable bonds is 7. The van der Waals surface area contributed by atoms with E-state index in [4.69, 9.17) is 0 Å². The highest BCUT2D eigenvalue weighted by molar-refractivity contribution is 7.89. The highest BCUT2D eigenvalue weighted by atomic mass is 32.2. The molecule has 0 aliphatic carbocycles. The molecule has 3 aromatic rings. The van der Waals surface area contributed by atoms with Gasteiger partial charge in [0.05, 0.1) is 27.7 Å². The number of hydrogen-bond donors (Lipinski definition) is 2. The van der Waals surface area contributed by atoms with Gasteiger partial charge < -0.3 is 10.4 Å². The van der Waals surface area contributed by atoms with Gasteiger partial charge in [0.2, 0.25) is 10.0 Å². The maximum absolute atomic E-state index is 13.1. The van der Waals surface area contributed by atoms with Crippen LogP contribution in [0.15, 0.2) is 35.4 Å². The van der Waals surface area contributed by atoms with Gasteiger partial charge in [-0.25, -0.2) is 18.1 Å². The van der Waals surface area contributed by atoms with Crippen LogP contribution in [0.5, 0.6) is 5.75 Å². The fourth-order valence-corrected chi connectivity index (χ4v) is 4.87. The fraction of sp³-hybridized carbons (Fsp3) is 0.381. The van der Waals surface area contributed by atoms with Crippen molar-refractivity contribution in [2.75, 3.05) is 18.4 Å². The summed E-state index contributed by atoms with van der Waals surface area (Å²) in [5.41, 5.74) is 1.58. The number of aromatic nitrogens is 3. The number of fused-ring (bicyclic) bond motifs is 1. The second-order valence-electron chi connectivity index (χ2n) is 7.45. The lowest BCUT2D eigenvalue weighted by Crippen LogP contribution is -2.30. The van der Waals surface area contributed by atoms with E-state index >= 15 is 0 Å². The Hall–Kier alpha value is -2.98. The van der Waals surface area contributed by atoms with Crippen molar-refractivity contribution >= 4 is 32.7 Å². The molecular formula is C21H27N5O4S. The average molecular weight is 446 g/mol. The number of carbonyl (C=O) groups excluding carboxylic acids is 1. The minimum absolute atomic E-state index is 0.00650. The van der Waals surface area contributed by atoms with Gasteiger partial charge in [0.15, 0.2) is 5.65 Å². The van der Waals surface area contributed by atoms with Gasteiger partial charge in [0.1, 0.15) is 5.75 Å². The standard InChI is InChI=1S/C21H27N5O4S/c1-6-25(7-2)31(29,30)15-8-9-19(27)18(11-15)24-21(28)16-10-14(5)23-20-17(16)12-22-26(20)13(3)4/h8-13,27H,6-7H2,1-5H3,(H,24,28). The number of sulfonamides is 1. The number of aryl methyl sites for hydroxylation is 1. The molecule has 9 nitrogen and oxygen atoms in total. The number of amides is 1. The van der Waals surface area contributed by atoms with Crippen molar-refractivity contribution in [1.82, 2.24) is 19.1 Å². The zero-order valence-corrected chi connectivity index (χ0v) is 19.1. The number of benzene rings is 1. The van der Waals surface area contributed by atoms with Gasteiger partial charge in [-0.2, -0.15) is 9.40 Å². The summed E-state index contributed by atoms with van der Waals surface area (Å²) < 4.78 is 28.7. The van der Waals surface area contributed by atoms with Crippen molar-refractivity contribution in [3.63, 3.8) is 0 Å². The molecule has 0 bridgehead atoms. The summed E-state index contributed by atoms with van der Waals surface area (Å²) in [6, 6.07) is 5.55. The molecule has 10 heteroatoms. The highest BCUT2D eigenvalue weighted by Crippen LogP contribution is 2.29. The van der Waals surface area contributed by atoms with Gasteiger partial charge in [-0.1, -0.05) is 13.8 Å². The van der Waals surface area contributed by atoms with Crippen LogP contribution in [-0.4, -0.2) is 51.6 Å². The Morgan fingerprint density at radius 1 is 1.23 bits per heavy atom. The molecule has 2 heterocycles. The Morgan fingerprint density at radius 2 is 1.90 bits per heavy atom. The van der Waals surface area contributed by atoms with Crippen LogP contribution in [0, 0.1) is 6.92 Å². The first-order valence-electron chi connectivity index (χ1n) is 10.1. The monoisotopic (exact) mass is 445 g/mol. The molecule has 0 aliphatic heterocycles. The molecule has 0 unspecified atom stereocenters. The summed E-state index contributed by atoms with van der Waals surface area (Å²) in [4.78, 5) is 17.6. The third-order valence-electron chi connectivity index (χ3n) is 4.99. The molecule has 0 radical (unpaired) electrons. The van der Waals surface area contributed by atoms with E-state index in [0.717, 1.165) is 0 Å². The number of hydrogen-bond acceptors (Lipinski definition) is 6. The molecule has 3 rings (SSSR count). The minimum Gasteiger partial charge on any atom is -0.506 e. The smallest absolute Gasteiger partial charge is 0.256 e. The van der Waals surface area contributed by atoms with Crippen molar-refractivity contribution in [2.24, 2.45) is 0 Å². The largest absolute Gasteiger partial charge is 0.506 e. The van der Waals surface area contributed by atoms with E-state index in [1.54, 1.807) is 37.7 Å². The van der Waals surface area contributed by atoms with Crippen molar-refractivity contribution in [1.29, 1.82) is 0 Å². The zero-order valence-electron chi connectivity index (χ0n) is 18.2. The lowest BCUT2D eigenvalue weighted by molar-refractivity contribution is 0.102. The molecule has 0 spiro atoms. The fourth-order valence-electron chi connectivity index (χ4n) is 3.39. The molecule has 1 aromatic carbocycles. The van der Waals surface area contributed by atoms with Gasteiger partial charge in [0.25, 0.3) is 5.91 Å². The van der Waals surface area contributed by atoms with Crippen molar-refractivity contribution in [3.8, 4) is 5.75 Å². The summed E-state index contributed by atoms with van der Waals surface area (Å²) in [6.07, 6.45) is 1.58. The quantitative estimate of drug-likeness (QED) is 0.539. The van der Waals surface area contributed by atoms with Crippen LogP contribution >= 0.6 is 0 Å². The number of pyridine rings is 1. The van der Waals surface area contributed by atoms with E-state index in [1.807, 2.05) is 13.8 Å². The van der Waals surface area contributed by atoms with E-state index in [9.17, 15) is 18.3 Å². The van der Waals surface area contributed by atoms with Gasteiger partial charge in [-0.3, -0.25) is 4.79 Å². The molecule has 0 saturated carbocycles. The van der Waals surface area contributed by atoms with Crippen LogP contribution in [0.2, 0.25) is 0 Å². The number of carbonyl (C=O) groups is 1. The van der Waals surface area contributed by atoms with Crippen molar-refractivity contribution in [2.45, 2.75) is 45.6 Å². The SMILES string of the molecule is CCN(CC)S(=O)(=O)c1ccc(O)c(NC(=O)c2cc(C)nc3c2cnn3C(C)C)c1. The summed E-state index contributed by atoms with van der Waals surface area (Å²) in [6.45, 7) is 9.84. The number of phenolic OH excluding ortho intramolecular Hbond substituents is 1. The van der Waals surface area contributed by atoms with E-state index in [-0.39, 0.29) is 22.4 Å². The average Bonchev–Trinajstić information content (AvgIpc) is 3.13. The highest BCUT2D eigenvalue weighted by Gasteiger charge is 2.24. The zero-order chi connectivity index (χ0) is 22.9. The van der Waals surface area contributed by atoms with E-state index in [2.05, 4.69) is 15.4 Å². The van der Waals surface area contributed by atoms with Crippen LogP contribution in [0.25, 0.3) is 11.0 Å². The van der Waals surface area contributed by atoms with Crippen molar-refractivity contribution < 1.29 is 18.3 Å². The molecule has 2 aromatic heterocycles. The minimum atomic E-state index is -3.74. The Labute approximate surface area is 181 Å². The summed E-state index contributed by atoms with van der Waals surface area (Å²) in [5, 5.41) is 17.8. The first kappa shape index (κ1) is 22.7. The lowest BCUT2D eigenvalue weighted by atomic mass is 10.1. The second kappa shape index (κ2) is 8.64. The second-order valence-corrected chi connectivity index (χ2v) is 9.39. The van der Waals surface area contributed by atoms with Crippen molar-refractivity contribution in [3.05, 3.63) is 41.7 Å². The molecular weight excluding hydrogens is 418 g/mol. The third kappa shape index (κ3) is 4.26. The van der Waals surface area contributed by atoms with Gasteiger partial charge >= 0.3 is 0 Å². The third-order valence-corrected chi connectivity index (χ3v) is 7.03. The molecule has 0 saturated heterocycles. The Bertz CT molecular complexity index is 1230. The summed E-state index contributed by atoms with van der Waals surface area (Å²) in [5.74, 6) is -0.724. The van der Waals surface area contributed by atoms with Crippen LogP contribution in [0.4, 0.5) is 5.69 Å². The molecule has 0 atom stereocenters. The van der Waals surface area contributed by atoms with E-state index in [1.165, 1.54) is 22.5 Å². The van der Waals surface area contributed by atoms with Crippen LogP contribution in [0.1, 0.15) is 49.8 Å². The normalized spacial score (nSPS) is 12.1. The van der Waals surface area contributed by atoms with Gasteiger partial charge in [-0.05, 0) is 45.0 Å². The van der Waals surface area contributed by atoms with Gasteiger partial charge in [-0.15, -0.1) is 0 Å². The molecule has 31 heavy (non-hydrogen) atoms.